The highest BCUT2D eigenvalue weighted by Crippen LogP contribution is 2.38. The standard InChI is InChI=1S/C16H16N2O2S/c19-15(18-10-11-4-5-13(18)8-11)12-2-1-3-14(9-12)20-16-17-6-7-21-16/h1-3,6-7,9,11,13H,4-5,8,10H2. The van der Waals surface area contributed by atoms with Crippen LogP contribution in [0.5, 0.6) is 10.9 Å². The van der Waals surface area contributed by atoms with Gasteiger partial charge in [-0.2, -0.15) is 0 Å². The van der Waals surface area contributed by atoms with Crippen molar-refractivity contribution in [3.8, 4) is 10.9 Å². The fourth-order valence-corrected chi connectivity index (χ4v) is 3.90. The van der Waals surface area contributed by atoms with Crippen LogP contribution >= 0.6 is 11.3 Å². The van der Waals surface area contributed by atoms with Crippen LogP contribution in [0.25, 0.3) is 0 Å². The number of benzene rings is 1. The van der Waals surface area contributed by atoms with E-state index >= 15 is 0 Å². The molecule has 1 aromatic heterocycles. The SMILES string of the molecule is O=C(c1cccc(Oc2nccs2)c1)N1CC2CCC1C2. The van der Waals surface area contributed by atoms with Crippen molar-refractivity contribution < 1.29 is 9.53 Å². The Morgan fingerprint density at radius 2 is 2.33 bits per heavy atom. The molecule has 2 bridgehead atoms. The van der Waals surface area contributed by atoms with Gasteiger partial charge < -0.3 is 9.64 Å². The summed E-state index contributed by atoms with van der Waals surface area (Å²) in [6.45, 7) is 0.918. The number of carbonyl (C=O) groups excluding carboxylic acids is 1. The number of piperidine rings is 1. The molecule has 2 aliphatic rings. The molecule has 1 aliphatic heterocycles. The molecule has 1 saturated carbocycles. The molecule has 2 unspecified atom stereocenters. The van der Waals surface area contributed by atoms with Crippen LogP contribution in [-0.4, -0.2) is 28.4 Å². The lowest BCUT2D eigenvalue weighted by atomic mass is 10.1. The van der Waals surface area contributed by atoms with E-state index in [-0.39, 0.29) is 5.91 Å². The van der Waals surface area contributed by atoms with E-state index in [2.05, 4.69) is 4.98 Å². The third-order valence-corrected chi connectivity index (χ3v) is 5.01. The maximum absolute atomic E-state index is 12.6. The fraction of sp³-hybridized carbons (Fsp3) is 0.375. The van der Waals surface area contributed by atoms with Crippen molar-refractivity contribution in [1.82, 2.24) is 9.88 Å². The number of likely N-dealkylation sites (tertiary alicyclic amines) is 1. The Balaban J connectivity index is 1.53. The number of hydrogen-bond acceptors (Lipinski definition) is 4. The van der Waals surface area contributed by atoms with E-state index in [1.165, 1.54) is 24.2 Å². The van der Waals surface area contributed by atoms with Crippen molar-refractivity contribution in [2.75, 3.05) is 6.54 Å². The van der Waals surface area contributed by atoms with Gasteiger partial charge in [0.25, 0.3) is 11.1 Å². The van der Waals surface area contributed by atoms with Gasteiger partial charge in [0, 0.05) is 29.7 Å². The highest BCUT2D eigenvalue weighted by Gasteiger charge is 2.40. The molecule has 1 aliphatic carbocycles. The average molecular weight is 300 g/mol. The van der Waals surface area contributed by atoms with E-state index in [0.29, 0.717) is 28.5 Å². The third kappa shape index (κ3) is 2.42. The molecule has 1 aromatic carbocycles. The van der Waals surface area contributed by atoms with Gasteiger partial charge in [-0.05, 0) is 43.4 Å². The molecule has 21 heavy (non-hydrogen) atoms. The second kappa shape index (κ2) is 5.15. The minimum Gasteiger partial charge on any atom is -0.431 e. The maximum Gasteiger partial charge on any atom is 0.278 e. The highest BCUT2D eigenvalue weighted by atomic mass is 32.1. The number of ether oxygens (including phenoxy) is 1. The molecule has 4 nitrogen and oxygen atoms in total. The Hall–Kier alpha value is -1.88. The maximum atomic E-state index is 12.6. The molecular formula is C16H16N2O2S. The number of nitrogens with zero attached hydrogens (tertiary/aromatic N) is 2. The van der Waals surface area contributed by atoms with Crippen molar-refractivity contribution >= 4 is 17.2 Å². The second-order valence-corrected chi connectivity index (χ2v) is 6.58. The van der Waals surface area contributed by atoms with Crippen LogP contribution in [0, 0.1) is 5.92 Å². The molecular weight excluding hydrogens is 284 g/mol. The van der Waals surface area contributed by atoms with Crippen LogP contribution < -0.4 is 4.74 Å². The normalized spacial score (nSPS) is 23.5. The smallest absolute Gasteiger partial charge is 0.278 e. The van der Waals surface area contributed by atoms with E-state index in [1.54, 1.807) is 6.20 Å². The minimum atomic E-state index is 0.131. The Kier molecular flexibility index (Phi) is 3.15. The van der Waals surface area contributed by atoms with E-state index in [4.69, 9.17) is 4.74 Å². The molecule has 0 spiro atoms. The Bertz CT molecular complexity index is 656. The van der Waals surface area contributed by atoms with Crippen LogP contribution in [0.1, 0.15) is 29.6 Å². The largest absolute Gasteiger partial charge is 0.431 e. The molecule has 0 N–H and O–H groups in total. The summed E-state index contributed by atoms with van der Waals surface area (Å²) in [6.07, 6.45) is 5.32. The summed E-state index contributed by atoms with van der Waals surface area (Å²) in [4.78, 5) is 18.8. The molecule has 2 heterocycles. The van der Waals surface area contributed by atoms with Crippen LogP contribution in [0.15, 0.2) is 35.8 Å². The van der Waals surface area contributed by atoms with Crippen molar-refractivity contribution in [2.45, 2.75) is 25.3 Å². The first kappa shape index (κ1) is 12.8. The zero-order valence-corrected chi connectivity index (χ0v) is 12.4. The number of fused-ring (bicyclic) bond motifs is 2. The van der Waals surface area contributed by atoms with Gasteiger partial charge >= 0.3 is 0 Å². The molecule has 2 fully saturated rings. The number of hydrogen-bond donors (Lipinski definition) is 0. The summed E-state index contributed by atoms with van der Waals surface area (Å²) < 4.78 is 5.67. The molecule has 2 aromatic rings. The molecule has 108 valence electrons. The quantitative estimate of drug-likeness (QED) is 0.870. The Morgan fingerprint density at radius 1 is 1.38 bits per heavy atom. The van der Waals surface area contributed by atoms with Crippen molar-refractivity contribution in [3.63, 3.8) is 0 Å². The summed E-state index contributed by atoms with van der Waals surface area (Å²) in [7, 11) is 0. The zero-order chi connectivity index (χ0) is 14.2. The monoisotopic (exact) mass is 300 g/mol. The fourth-order valence-electron chi connectivity index (χ4n) is 3.39. The van der Waals surface area contributed by atoms with Gasteiger partial charge in [0.15, 0.2) is 0 Å². The first-order chi connectivity index (χ1) is 10.3. The molecule has 0 radical (unpaired) electrons. The number of aromatic nitrogens is 1. The first-order valence-electron chi connectivity index (χ1n) is 7.28. The Labute approximate surface area is 127 Å². The van der Waals surface area contributed by atoms with Crippen LogP contribution in [0.2, 0.25) is 0 Å². The van der Waals surface area contributed by atoms with Crippen LogP contribution in [-0.2, 0) is 0 Å². The first-order valence-corrected chi connectivity index (χ1v) is 8.16. The molecule has 5 heteroatoms. The number of thiazole rings is 1. The summed E-state index contributed by atoms with van der Waals surface area (Å²) in [5.74, 6) is 1.51. The van der Waals surface area contributed by atoms with Crippen molar-refractivity contribution in [1.29, 1.82) is 0 Å². The molecule has 1 amide bonds. The zero-order valence-electron chi connectivity index (χ0n) is 11.6. The van der Waals surface area contributed by atoms with Gasteiger partial charge in [-0.25, -0.2) is 4.98 Å². The van der Waals surface area contributed by atoms with E-state index < -0.39 is 0 Å². The van der Waals surface area contributed by atoms with E-state index in [9.17, 15) is 4.79 Å². The van der Waals surface area contributed by atoms with Gasteiger partial charge in [0.05, 0.1) is 0 Å². The highest BCUT2D eigenvalue weighted by molar-refractivity contribution is 7.11. The van der Waals surface area contributed by atoms with E-state index in [0.717, 1.165) is 13.0 Å². The summed E-state index contributed by atoms with van der Waals surface area (Å²) in [5.41, 5.74) is 0.705. The molecule has 1 saturated heterocycles. The third-order valence-electron chi connectivity index (χ3n) is 4.37. The predicted molar refractivity (Wildman–Crippen MR) is 80.8 cm³/mol. The number of rotatable bonds is 3. The Morgan fingerprint density at radius 3 is 3.05 bits per heavy atom. The number of amides is 1. The van der Waals surface area contributed by atoms with Crippen LogP contribution in [0.4, 0.5) is 0 Å². The molecule has 4 rings (SSSR count). The topological polar surface area (TPSA) is 42.4 Å². The lowest BCUT2D eigenvalue weighted by molar-refractivity contribution is 0.0703. The van der Waals surface area contributed by atoms with Crippen LogP contribution in [0.3, 0.4) is 0 Å². The number of carbonyl (C=O) groups is 1. The second-order valence-electron chi connectivity index (χ2n) is 5.72. The summed E-state index contributed by atoms with van der Waals surface area (Å²) in [5, 5.41) is 2.46. The van der Waals surface area contributed by atoms with Gasteiger partial charge in [0.2, 0.25) is 0 Å². The van der Waals surface area contributed by atoms with Gasteiger partial charge in [-0.1, -0.05) is 17.4 Å². The lowest BCUT2D eigenvalue weighted by Gasteiger charge is -2.27. The minimum absolute atomic E-state index is 0.131. The lowest BCUT2D eigenvalue weighted by Crippen LogP contribution is -2.37. The summed E-state index contributed by atoms with van der Waals surface area (Å²) in [6, 6.07) is 7.85. The van der Waals surface area contributed by atoms with Gasteiger partial charge in [0.1, 0.15) is 5.75 Å². The predicted octanol–water partition coefficient (Wildman–Crippen LogP) is 3.56. The van der Waals surface area contributed by atoms with Gasteiger partial charge in [-0.15, -0.1) is 0 Å². The van der Waals surface area contributed by atoms with Crippen molar-refractivity contribution in [2.24, 2.45) is 5.92 Å². The van der Waals surface area contributed by atoms with Crippen molar-refractivity contribution in [3.05, 3.63) is 41.4 Å². The summed E-state index contributed by atoms with van der Waals surface area (Å²) >= 11 is 1.44. The average Bonchev–Trinajstić information content (AvgIpc) is 3.24. The van der Waals surface area contributed by atoms with Gasteiger partial charge in [-0.3, -0.25) is 4.79 Å². The van der Waals surface area contributed by atoms with E-state index in [1.807, 2.05) is 34.5 Å². The molecule has 2 atom stereocenters.